The summed E-state index contributed by atoms with van der Waals surface area (Å²) in [6.45, 7) is 11.5. The molecule has 0 saturated carbocycles. The molecule has 1 heterocycles. The summed E-state index contributed by atoms with van der Waals surface area (Å²) >= 11 is 0. The molecule has 0 N–H and O–H groups in total. The van der Waals surface area contributed by atoms with E-state index in [0.29, 0.717) is 12.2 Å². The van der Waals surface area contributed by atoms with Crippen LogP contribution in [-0.4, -0.2) is 24.9 Å². The molecule has 2 nitrogen and oxygen atoms in total. The smallest absolute Gasteiger partial charge is 0.110 e. The number of ether oxygens (including phenoxy) is 2. The standard InChI is InChI=1S/C10H20O2/c1-7(9-8(2)12-9)11-6-10(3,4)5/h7-9H,6H2,1-5H3. The number of hydrogen-bond donors (Lipinski definition) is 0. The fraction of sp³-hybridized carbons (Fsp3) is 1.00. The lowest BCUT2D eigenvalue weighted by molar-refractivity contribution is 0.00457. The van der Waals surface area contributed by atoms with Crippen LogP contribution in [0.3, 0.4) is 0 Å². The minimum absolute atomic E-state index is 0.249. The van der Waals surface area contributed by atoms with Gasteiger partial charge in [0.05, 0.1) is 18.8 Å². The van der Waals surface area contributed by atoms with Gasteiger partial charge in [-0.1, -0.05) is 20.8 Å². The van der Waals surface area contributed by atoms with Crippen molar-refractivity contribution in [3.63, 3.8) is 0 Å². The van der Waals surface area contributed by atoms with Gasteiger partial charge in [-0.25, -0.2) is 0 Å². The Balaban J connectivity index is 2.15. The third-order valence-corrected chi connectivity index (χ3v) is 2.00. The maximum Gasteiger partial charge on any atom is 0.110 e. The molecule has 0 aliphatic carbocycles. The number of hydrogen-bond acceptors (Lipinski definition) is 2. The molecule has 2 heteroatoms. The fourth-order valence-electron chi connectivity index (χ4n) is 1.17. The van der Waals surface area contributed by atoms with Gasteiger partial charge in [0.25, 0.3) is 0 Å². The molecule has 0 bridgehead atoms. The quantitative estimate of drug-likeness (QED) is 0.609. The van der Waals surface area contributed by atoms with Gasteiger partial charge in [-0.05, 0) is 19.3 Å². The highest BCUT2D eigenvalue weighted by Gasteiger charge is 2.39. The van der Waals surface area contributed by atoms with E-state index in [-0.39, 0.29) is 11.5 Å². The largest absolute Gasteiger partial charge is 0.375 e. The van der Waals surface area contributed by atoms with E-state index < -0.39 is 0 Å². The Kier molecular flexibility index (Phi) is 2.79. The lowest BCUT2D eigenvalue weighted by Crippen LogP contribution is -2.23. The van der Waals surface area contributed by atoms with Crippen LogP contribution < -0.4 is 0 Å². The summed E-state index contributed by atoms with van der Waals surface area (Å²) in [4.78, 5) is 0. The SMILES string of the molecule is CC(OCC(C)(C)C)C1OC1C. The van der Waals surface area contributed by atoms with Gasteiger partial charge in [-0.3, -0.25) is 0 Å². The minimum atomic E-state index is 0.249. The molecule has 0 amide bonds. The molecule has 0 aromatic heterocycles. The predicted molar refractivity (Wildman–Crippen MR) is 49.2 cm³/mol. The van der Waals surface area contributed by atoms with Crippen LogP contribution in [0.1, 0.15) is 34.6 Å². The van der Waals surface area contributed by atoms with Gasteiger partial charge in [-0.15, -0.1) is 0 Å². The van der Waals surface area contributed by atoms with Crippen molar-refractivity contribution in [1.82, 2.24) is 0 Å². The average Bonchev–Trinajstić information content (AvgIpc) is 2.60. The van der Waals surface area contributed by atoms with E-state index in [1.807, 2.05) is 0 Å². The second kappa shape index (κ2) is 3.35. The fourth-order valence-corrected chi connectivity index (χ4v) is 1.17. The monoisotopic (exact) mass is 172 g/mol. The van der Waals surface area contributed by atoms with Crippen LogP contribution in [0.2, 0.25) is 0 Å². The Morgan fingerprint density at radius 3 is 2.25 bits per heavy atom. The van der Waals surface area contributed by atoms with Gasteiger partial charge in [0.2, 0.25) is 0 Å². The summed E-state index contributed by atoms with van der Waals surface area (Å²) in [6.07, 6.45) is 0.992. The molecule has 0 spiro atoms. The molecule has 3 unspecified atom stereocenters. The zero-order valence-electron chi connectivity index (χ0n) is 8.76. The van der Waals surface area contributed by atoms with E-state index >= 15 is 0 Å². The van der Waals surface area contributed by atoms with Crippen molar-refractivity contribution in [3.8, 4) is 0 Å². The van der Waals surface area contributed by atoms with Crippen molar-refractivity contribution in [1.29, 1.82) is 0 Å². The maximum absolute atomic E-state index is 5.68. The van der Waals surface area contributed by atoms with Crippen molar-refractivity contribution < 1.29 is 9.47 Å². The van der Waals surface area contributed by atoms with Crippen LogP contribution in [0.15, 0.2) is 0 Å². The highest BCUT2D eigenvalue weighted by atomic mass is 16.6. The zero-order chi connectivity index (χ0) is 9.35. The van der Waals surface area contributed by atoms with Crippen LogP contribution in [0.5, 0.6) is 0 Å². The van der Waals surface area contributed by atoms with Crippen LogP contribution in [0.25, 0.3) is 0 Å². The third-order valence-electron chi connectivity index (χ3n) is 2.00. The van der Waals surface area contributed by atoms with Crippen LogP contribution in [0, 0.1) is 5.41 Å². The lowest BCUT2D eigenvalue weighted by atomic mass is 9.98. The van der Waals surface area contributed by atoms with Crippen LogP contribution >= 0.6 is 0 Å². The van der Waals surface area contributed by atoms with E-state index in [9.17, 15) is 0 Å². The topological polar surface area (TPSA) is 21.8 Å². The van der Waals surface area contributed by atoms with Gasteiger partial charge in [-0.2, -0.15) is 0 Å². The number of epoxide rings is 1. The summed E-state index contributed by atoms with van der Waals surface area (Å²) in [5.74, 6) is 0. The van der Waals surface area contributed by atoms with Crippen molar-refractivity contribution in [2.24, 2.45) is 5.41 Å². The highest BCUT2D eigenvalue weighted by molar-refractivity contribution is 4.86. The van der Waals surface area contributed by atoms with Gasteiger partial charge in [0.15, 0.2) is 0 Å². The molecular formula is C10H20O2. The summed E-state index contributed by atoms with van der Waals surface area (Å²) in [6, 6.07) is 0. The second-order valence-electron chi connectivity index (χ2n) is 4.88. The zero-order valence-corrected chi connectivity index (χ0v) is 8.76. The molecule has 1 rings (SSSR count). The summed E-state index contributed by atoms with van der Waals surface area (Å²) in [5, 5.41) is 0. The first-order valence-electron chi connectivity index (χ1n) is 4.67. The van der Waals surface area contributed by atoms with Crippen LogP contribution in [-0.2, 0) is 9.47 Å². The maximum atomic E-state index is 5.68. The Bertz CT molecular complexity index is 148. The van der Waals surface area contributed by atoms with Crippen molar-refractivity contribution in [2.45, 2.75) is 52.9 Å². The van der Waals surface area contributed by atoms with E-state index in [4.69, 9.17) is 9.47 Å². The van der Waals surface area contributed by atoms with Crippen molar-refractivity contribution >= 4 is 0 Å². The first-order valence-corrected chi connectivity index (χ1v) is 4.67. The summed E-state index contributed by atoms with van der Waals surface area (Å²) < 4.78 is 11.0. The van der Waals surface area contributed by atoms with E-state index in [2.05, 4.69) is 34.6 Å². The van der Waals surface area contributed by atoms with Gasteiger partial charge < -0.3 is 9.47 Å². The van der Waals surface area contributed by atoms with Gasteiger partial charge >= 0.3 is 0 Å². The first kappa shape index (κ1) is 10.0. The molecule has 1 fully saturated rings. The lowest BCUT2D eigenvalue weighted by Gasteiger charge is -2.20. The summed E-state index contributed by atoms with van der Waals surface area (Å²) in [5.41, 5.74) is 0.256. The minimum Gasteiger partial charge on any atom is -0.375 e. The third kappa shape index (κ3) is 3.11. The highest BCUT2D eigenvalue weighted by Crippen LogP contribution is 2.27. The Hall–Kier alpha value is -0.0800. The molecular weight excluding hydrogens is 152 g/mol. The Morgan fingerprint density at radius 2 is 1.92 bits per heavy atom. The average molecular weight is 172 g/mol. The number of rotatable bonds is 3. The Labute approximate surface area is 75.2 Å². The van der Waals surface area contributed by atoms with E-state index in [1.54, 1.807) is 0 Å². The predicted octanol–water partition coefficient (Wildman–Crippen LogP) is 2.22. The van der Waals surface area contributed by atoms with Crippen LogP contribution in [0.4, 0.5) is 0 Å². The molecule has 1 aliphatic heterocycles. The molecule has 1 saturated heterocycles. The Morgan fingerprint density at radius 1 is 1.42 bits per heavy atom. The van der Waals surface area contributed by atoms with Crippen molar-refractivity contribution in [3.05, 3.63) is 0 Å². The van der Waals surface area contributed by atoms with Crippen molar-refractivity contribution in [2.75, 3.05) is 6.61 Å². The van der Waals surface area contributed by atoms with E-state index in [0.717, 1.165) is 6.61 Å². The molecule has 0 aromatic carbocycles. The molecule has 3 atom stereocenters. The molecule has 72 valence electrons. The molecule has 12 heavy (non-hydrogen) atoms. The first-order chi connectivity index (χ1) is 5.40. The normalized spacial score (nSPS) is 31.8. The second-order valence-corrected chi connectivity index (χ2v) is 4.88. The summed E-state index contributed by atoms with van der Waals surface area (Å²) in [7, 11) is 0. The van der Waals surface area contributed by atoms with Gasteiger partial charge in [0.1, 0.15) is 6.10 Å². The van der Waals surface area contributed by atoms with E-state index in [1.165, 1.54) is 0 Å². The van der Waals surface area contributed by atoms with Gasteiger partial charge in [0, 0.05) is 0 Å². The molecule has 0 radical (unpaired) electrons. The molecule has 1 aliphatic rings. The molecule has 0 aromatic rings.